The lowest BCUT2D eigenvalue weighted by Gasteiger charge is -2.31. The summed E-state index contributed by atoms with van der Waals surface area (Å²) in [6, 6.07) is 5.51. The predicted octanol–water partition coefficient (Wildman–Crippen LogP) is 2.35. The van der Waals surface area contributed by atoms with Crippen molar-refractivity contribution in [3.05, 3.63) is 47.5 Å². The fourth-order valence-corrected chi connectivity index (χ4v) is 2.96. The van der Waals surface area contributed by atoms with Crippen LogP contribution in [0.2, 0.25) is 0 Å². The topological polar surface area (TPSA) is 71.0 Å². The standard InChI is InChI=1S/C18H23N5O/c1-13-5-4-8-23(12-13)18-21-14(2)9-16(22-18)17(24)20-11-15-6-3-7-19-10-15/h3,6-7,9-10,13H,4-5,8,11-12H2,1-2H3,(H,20,24). The molecule has 0 bridgehead atoms. The van der Waals surface area contributed by atoms with E-state index >= 15 is 0 Å². The van der Waals surface area contributed by atoms with Gasteiger partial charge in [-0.1, -0.05) is 13.0 Å². The Morgan fingerprint density at radius 3 is 3.04 bits per heavy atom. The molecule has 6 heteroatoms. The highest BCUT2D eigenvalue weighted by molar-refractivity contribution is 5.92. The molecule has 6 nitrogen and oxygen atoms in total. The quantitative estimate of drug-likeness (QED) is 0.934. The number of nitrogens with one attached hydrogen (secondary N) is 1. The Labute approximate surface area is 142 Å². The third kappa shape index (κ3) is 4.07. The van der Waals surface area contributed by atoms with Gasteiger partial charge in [-0.05, 0) is 43.4 Å². The molecule has 2 aromatic heterocycles. The molecule has 1 N–H and O–H groups in total. The fraction of sp³-hybridized carbons (Fsp3) is 0.444. The Kier molecular flexibility index (Phi) is 5.03. The van der Waals surface area contributed by atoms with E-state index in [0.717, 1.165) is 30.8 Å². The van der Waals surface area contributed by atoms with Crippen LogP contribution in [-0.4, -0.2) is 33.9 Å². The van der Waals surface area contributed by atoms with E-state index < -0.39 is 0 Å². The van der Waals surface area contributed by atoms with Gasteiger partial charge in [0, 0.05) is 37.7 Å². The average Bonchev–Trinajstić information content (AvgIpc) is 2.60. The van der Waals surface area contributed by atoms with E-state index in [0.29, 0.717) is 24.1 Å². The van der Waals surface area contributed by atoms with Crippen LogP contribution in [0.3, 0.4) is 0 Å². The minimum absolute atomic E-state index is 0.185. The minimum Gasteiger partial charge on any atom is -0.347 e. The lowest BCUT2D eigenvalue weighted by Crippen LogP contribution is -2.36. The van der Waals surface area contributed by atoms with Crippen molar-refractivity contribution in [2.45, 2.75) is 33.2 Å². The van der Waals surface area contributed by atoms with Gasteiger partial charge >= 0.3 is 0 Å². The van der Waals surface area contributed by atoms with Crippen LogP contribution in [0.4, 0.5) is 5.95 Å². The van der Waals surface area contributed by atoms with Gasteiger partial charge < -0.3 is 10.2 Å². The van der Waals surface area contributed by atoms with Crippen LogP contribution in [0.25, 0.3) is 0 Å². The summed E-state index contributed by atoms with van der Waals surface area (Å²) in [6.07, 6.45) is 5.83. The molecule has 1 fully saturated rings. The monoisotopic (exact) mass is 325 g/mol. The van der Waals surface area contributed by atoms with Crippen LogP contribution < -0.4 is 10.2 Å². The van der Waals surface area contributed by atoms with E-state index in [-0.39, 0.29) is 5.91 Å². The molecule has 1 atom stereocenters. The molecule has 0 aliphatic carbocycles. The predicted molar refractivity (Wildman–Crippen MR) is 92.8 cm³/mol. The van der Waals surface area contributed by atoms with Gasteiger partial charge in [0.05, 0.1) is 0 Å². The smallest absolute Gasteiger partial charge is 0.270 e. The molecule has 24 heavy (non-hydrogen) atoms. The van der Waals surface area contributed by atoms with E-state index in [9.17, 15) is 4.79 Å². The van der Waals surface area contributed by atoms with Gasteiger partial charge in [-0.15, -0.1) is 0 Å². The van der Waals surface area contributed by atoms with Crippen molar-refractivity contribution in [1.82, 2.24) is 20.3 Å². The van der Waals surface area contributed by atoms with E-state index in [4.69, 9.17) is 0 Å². The Bertz CT molecular complexity index is 704. The van der Waals surface area contributed by atoms with Gasteiger partial charge in [-0.2, -0.15) is 0 Å². The van der Waals surface area contributed by atoms with Gasteiger partial charge in [-0.25, -0.2) is 9.97 Å². The van der Waals surface area contributed by atoms with Crippen molar-refractivity contribution in [3.63, 3.8) is 0 Å². The van der Waals surface area contributed by atoms with Crippen LogP contribution in [0, 0.1) is 12.8 Å². The highest BCUT2D eigenvalue weighted by Crippen LogP contribution is 2.20. The first-order valence-corrected chi connectivity index (χ1v) is 8.39. The SMILES string of the molecule is Cc1cc(C(=O)NCc2cccnc2)nc(N2CCCC(C)C2)n1. The summed E-state index contributed by atoms with van der Waals surface area (Å²) in [5.74, 6) is 1.11. The number of hydrogen-bond donors (Lipinski definition) is 1. The van der Waals surface area contributed by atoms with Crippen molar-refractivity contribution in [1.29, 1.82) is 0 Å². The van der Waals surface area contributed by atoms with Crippen LogP contribution in [0.15, 0.2) is 30.6 Å². The molecule has 0 aromatic carbocycles. The van der Waals surface area contributed by atoms with Crippen molar-refractivity contribution < 1.29 is 4.79 Å². The number of carbonyl (C=O) groups is 1. The van der Waals surface area contributed by atoms with Gasteiger partial charge in [-0.3, -0.25) is 9.78 Å². The van der Waals surface area contributed by atoms with Crippen LogP contribution in [0.5, 0.6) is 0 Å². The van der Waals surface area contributed by atoms with Gasteiger partial charge in [0.1, 0.15) is 5.69 Å². The number of rotatable bonds is 4. The fourth-order valence-electron chi connectivity index (χ4n) is 2.96. The Morgan fingerprint density at radius 2 is 2.29 bits per heavy atom. The second kappa shape index (κ2) is 7.38. The molecule has 1 unspecified atom stereocenters. The molecule has 3 rings (SSSR count). The molecule has 1 aliphatic rings. The molecular weight excluding hydrogens is 302 g/mol. The number of aryl methyl sites for hydroxylation is 1. The zero-order valence-corrected chi connectivity index (χ0v) is 14.2. The normalized spacial score (nSPS) is 17.6. The van der Waals surface area contributed by atoms with Gasteiger partial charge in [0.2, 0.25) is 5.95 Å². The van der Waals surface area contributed by atoms with Gasteiger partial charge in [0.25, 0.3) is 5.91 Å². The number of carbonyl (C=O) groups excluding carboxylic acids is 1. The van der Waals surface area contributed by atoms with E-state index in [1.54, 1.807) is 18.5 Å². The van der Waals surface area contributed by atoms with E-state index in [1.165, 1.54) is 6.42 Å². The first-order chi connectivity index (χ1) is 11.6. The van der Waals surface area contributed by atoms with Crippen molar-refractivity contribution in [3.8, 4) is 0 Å². The number of hydrogen-bond acceptors (Lipinski definition) is 5. The number of amides is 1. The molecule has 0 saturated carbocycles. The highest BCUT2D eigenvalue weighted by atomic mass is 16.1. The average molecular weight is 325 g/mol. The third-order valence-electron chi connectivity index (χ3n) is 4.19. The summed E-state index contributed by atoms with van der Waals surface area (Å²) in [5, 5.41) is 2.89. The van der Waals surface area contributed by atoms with Crippen molar-refractivity contribution in [2.75, 3.05) is 18.0 Å². The first kappa shape index (κ1) is 16.4. The Balaban J connectivity index is 1.72. The number of aromatic nitrogens is 3. The van der Waals surface area contributed by atoms with Crippen LogP contribution >= 0.6 is 0 Å². The maximum atomic E-state index is 12.4. The van der Waals surface area contributed by atoms with E-state index in [1.807, 2.05) is 19.1 Å². The summed E-state index contributed by atoms with van der Waals surface area (Å²) in [4.78, 5) is 27.7. The summed E-state index contributed by atoms with van der Waals surface area (Å²) >= 11 is 0. The Morgan fingerprint density at radius 1 is 1.42 bits per heavy atom. The summed E-state index contributed by atoms with van der Waals surface area (Å²) < 4.78 is 0. The zero-order chi connectivity index (χ0) is 16.9. The molecule has 1 aliphatic heterocycles. The molecule has 126 valence electrons. The number of anilines is 1. The van der Waals surface area contributed by atoms with Crippen LogP contribution in [0.1, 0.15) is 41.5 Å². The molecule has 3 heterocycles. The first-order valence-electron chi connectivity index (χ1n) is 8.39. The second-order valence-corrected chi connectivity index (χ2v) is 6.43. The lowest BCUT2D eigenvalue weighted by molar-refractivity contribution is 0.0945. The minimum atomic E-state index is -0.185. The molecule has 1 amide bonds. The number of piperidine rings is 1. The number of nitrogens with zero attached hydrogens (tertiary/aromatic N) is 4. The molecule has 0 radical (unpaired) electrons. The highest BCUT2D eigenvalue weighted by Gasteiger charge is 2.20. The van der Waals surface area contributed by atoms with Gasteiger partial charge in [0.15, 0.2) is 0 Å². The maximum absolute atomic E-state index is 12.4. The molecule has 0 spiro atoms. The largest absolute Gasteiger partial charge is 0.347 e. The third-order valence-corrected chi connectivity index (χ3v) is 4.19. The number of pyridine rings is 1. The summed E-state index contributed by atoms with van der Waals surface area (Å²) in [7, 11) is 0. The summed E-state index contributed by atoms with van der Waals surface area (Å²) in [5.41, 5.74) is 2.19. The Hall–Kier alpha value is -2.50. The maximum Gasteiger partial charge on any atom is 0.270 e. The van der Waals surface area contributed by atoms with E-state index in [2.05, 4.69) is 32.1 Å². The molecular formula is C18H23N5O. The summed E-state index contributed by atoms with van der Waals surface area (Å²) in [6.45, 7) is 6.47. The molecule has 2 aromatic rings. The molecule has 1 saturated heterocycles. The second-order valence-electron chi connectivity index (χ2n) is 6.43. The lowest BCUT2D eigenvalue weighted by atomic mass is 10.0. The van der Waals surface area contributed by atoms with Crippen molar-refractivity contribution >= 4 is 11.9 Å². The van der Waals surface area contributed by atoms with Crippen molar-refractivity contribution in [2.24, 2.45) is 5.92 Å². The zero-order valence-electron chi connectivity index (χ0n) is 14.2. The van der Waals surface area contributed by atoms with Crippen LogP contribution in [-0.2, 0) is 6.54 Å².